The van der Waals surface area contributed by atoms with Crippen molar-refractivity contribution < 1.29 is 4.79 Å². The minimum atomic E-state index is -0.0466. The maximum absolute atomic E-state index is 12.7. The van der Waals surface area contributed by atoms with Gasteiger partial charge in [0.05, 0.1) is 17.6 Å². The Kier molecular flexibility index (Phi) is 14.0. The first kappa shape index (κ1) is 29.9. The highest BCUT2D eigenvalue weighted by molar-refractivity contribution is 5.94. The molecule has 3 rings (SSSR count). The second-order valence-electron chi connectivity index (χ2n) is 11.0. The zero-order chi connectivity index (χ0) is 26.8. The molecule has 0 aliphatic rings. The Morgan fingerprint density at radius 1 is 0.737 bits per heavy atom. The van der Waals surface area contributed by atoms with E-state index in [1.54, 1.807) is 0 Å². The number of carbonyl (C=O) groups is 1. The van der Waals surface area contributed by atoms with E-state index in [1.807, 2.05) is 37.3 Å². The van der Waals surface area contributed by atoms with Crippen LogP contribution < -0.4 is 5.32 Å². The van der Waals surface area contributed by atoms with Crippen LogP contribution in [0.2, 0.25) is 0 Å². The summed E-state index contributed by atoms with van der Waals surface area (Å²) in [4.78, 5) is 17.5. The molecule has 4 nitrogen and oxygen atoms in total. The molecule has 0 unspecified atom stereocenters. The number of imidazole rings is 1. The van der Waals surface area contributed by atoms with Gasteiger partial charge in [0.1, 0.15) is 5.82 Å². The number of carbonyl (C=O) groups excluding carboxylic acids is 1. The molecule has 1 amide bonds. The van der Waals surface area contributed by atoms with Gasteiger partial charge in [-0.3, -0.25) is 4.79 Å². The summed E-state index contributed by atoms with van der Waals surface area (Å²) in [7, 11) is 0. The Morgan fingerprint density at radius 3 is 1.92 bits per heavy atom. The third-order valence-corrected chi connectivity index (χ3v) is 7.66. The molecule has 2 aromatic carbocycles. The zero-order valence-electron chi connectivity index (χ0n) is 24.1. The molecule has 1 aromatic heterocycles. The molecule has 38 heavy (non-hydrogen) atoms. The van der Waals surface area contributed by atoms with Crippen molar-refractivity contribution in [1.29, 1.82) is 0 Å². The largest absolute Gasteiger partial charge is 0.345 e. The molecular weight excluding hydrogens is 466 g/mol. The van der Waals surface area contributed by atoms with Crippen molar-refractivity contribution in [2.45, 2.75) is 130 Å². The lowest BCUT2D eigenvalue weighted by molar-refractivity contribution is 0.0949. The SMILES string of the molecule is CCCCCCCCCCCCCCCCCCn1c(CNC(=O)c2cccc(C)c2)nc2ccccc21. The van der Waals surface area contributed by atoms with Crippen molar-refractivity contribution >= 4 is 16.9 Å². The molecule has 1 heterocycles. The number of aromatic nitrogens is 2. The summed E-state index contributed by atoms with van der Waals surface area (Å²) in [5, 5.41) is 3.08. The number of aryl methyl sites for hydroxylation is 2. The van der Waals surface area contributed by atoms with Gasteiger partial charge in [0, 0.05) is 12.1 Å². The van der Waals surface area contributed by atoms with E-state index >= 15 is 0 Å². The number of amides is 1. The fraction of sp³-hybridized carbons (Fsp3) is 0.588. The summed E-state index contributed by atoms with van der Waals surface area (Å²) in [6, 6.07) is 16.0. The van der Waals surface area contributed by atoms with Crippen LogP contribution in [-0.2, 0) is 13.1 Å². The Bertz CT molecular complexity index is 1070. The van der Waals surface area contributed by atoms with E-state index in [2.05, 4.69) is 35.0 Å². The predicted molar refractivity (Wildman–Crippen MR) is 162 cm³/mol. The van der Waals surface area contributed by atoms with Crippen LogP contribution in [0.5, 0.6) is 0 Å². The summed E-state index contributed by atoms with van der Waals surface area (Å²) in [6.07, 6.45) is 22.1. The monoisotopic (exact) mass is 517 g/mol. The van der Waals surface area contributed by atoms with Crippen molar-refractivity contribution in [3.63, 3.8) is 0 Å². The van der Waals surface area contributed by atoms with Crippen LogP contribution in [0, 0.1) is 6.92 Å². The Morgan fingerprint density at radius 2 is 1.32 bits per heavy atom. The highest BCUT2D eigenvalue weighted by Gasteiger charge is 2.12. The molecule has 0 bridgehead atoms. The maximum Gasteiger partial charge on any atom is 0.251 e. The standard InChI is InChI=1S/C34H51N3O/c1-3-4-5-6-7-8-9-10-11-12-13-14-15-16-17-20-26-37-32-25-19-18-24-31(32)36-33(37)28-35-34(38)30-23-21-22-29(2)27-30/h18-19,21-25,27H,3-17,20,26,28H2,1-2H3,(H,35,38). The lowest BCUT2D eigenvalue weighted by Crippen LogP contribution is -2.24. The summed E-state index contributed by atoms with van der Waals surface area (Å²) in [5.41, 5.74) is 3.95. The molecule has 4 heteroatoms. The summed E-state index contributed by atoms with van der Waals surface area (Å²) in [6.45, 7) is 5.69. The third-order valence-electron chi connectivity index (χ3n) is 7.66. The first-order valence-electron chi connectivity index (χ1n) is 15.5. The molecule has 0 spiro atoms. The molecule has 3 aromatic rings. The van der Waals surface area contributed by atoms with Gasteiger partial charge >= 0.3 is 0 Å². The molecule has 0 atom stereocenters. The van der Waals surface area contributed by atoms with Gasteiger partial charge in [-0.2, -0.15) is 0 Å². The normalized spacial score (nSPS) is 11.3. The molecule has 0 aliphatic carbocycles. The second-order valence-corrected chi connectivity index (χ2v) is 11.0. The summed E-state index contributed by atoms with van der Waals surface area (Å²) in [5.74, 6) is 0.892. The Balaban J connectivity index is 1.30. The van der Waals surface area contributed by atoms with Crippen LogP contribution in [0.15, 0.2) is 48.5 Å². The van der Waals surface area contributed by atoms with Crippen molar-refractivity contribution in [2.24, 2.45) is 0 Å². The molecule has 1 N–H and O–H groups in total. The molecule has 0 saturated heterocycles. The van der Waals surface area contributed by atoms with Crippen LogP contribution in [-0.4, -0.2) is 15.5 Å². The fourth-order valence-corrected chi connectivity index (χ4v) is 5.38. The number of nitrogens with one attached hydrogen (secondary N) is 1. The topological polar surface area (TPSA) is 46.9 Å². The van der Waals surface area contributed by atoms with Gasteiger partial charge in [-0.15, -0.1) is 0 Å². The van der Waals surface area contributed by atoms with E-state index < -0.39 is 0 Å². The number of hydrogen-bond acceptors (Lipinski definition) is 2. The van der Waals surface area contributed by atoms with Gasteiger partial charge < -0.3 is 9.88 Å². The van der Waals surface area contributed by atoms with Crippen LogP contribution in [0.1, 0.15) is 131 Å². The molecule has 208 valence electrons. The number of unbranched alkanes of at least 4 members (excludes halogenated alkanes) is 15. The molecule has 0 radical (unpaired) electrons. The highest BCUT2D eigenvalue weighted by Crippen LogP contribution is 2.19. The van der Waals surface area contributed by atoms with Crippen LogP contribution >= 0.6 is 0 Å². The van der Waals surface area contributed by atoms with Crippen molar-refractivity contribution in [1.82, 2.24) is 14.9 Å². The fourth-order valence-electron chi connectivity index (χ4n) is 5.38. The maximum atomic E-state index is 12.7. The van der Waals surface area contributed by atoms with Gasteiger partial charge in [0.2, 0.25) is 0 Å². The number of hydrogen-bond donors (Lipinski definition) is 1. The van der Waals surface area contributed by atoms with Crippen LogP contribution in [0.3, 0.4) is 0 Å². The quantitative estimate of drug-likeness (QED) is 0.152. The lowest BCUT2D eigenvalue weighted by atomic mass is 10.0. The Hall–Kier alpha value is -2.62. The number of rotatable bonds is 20. The molecule has 0 fully saturated rings. The number of benzene rings is 2. The first-order valence-corrected chi connectivity index (χ1v) is 15.5. The molecule has 0 saturated carbocycles. The van der Waals surface area contributed by atoms with E-state index in [0.29, 0.717) is 12.1 Å². The van der Waals surface area contributed by atoms with Gasteiger partial charge in [-0.25, -0.2) is 4.98 Å². The third kappa shape index (κ3) is 10.6. The molecular formula is C34H51N3O. The second kappa shape index (κ2) is 17.8. The predicted octanol–water partition coefficient (Wildman–Crippen LogP) is 9.54. The van der Waals surface area contributed by atoms with Crippen molar-refractivity contribution in [3.05, 3.63) is 65.5 Å². The van der Waals surface area contributed by atoms with E-state index in [1.165, 1.54) is 96.3 Å². The lowest BCUT2D eigenvalue weighted by Gasteiger charge is -2.11. The van der Waals surface area contributed by atoms with Crippen LogP contribution in [0.4, 0.5) is 0 Å². The van der Waals surface area contributed by atoms with Gasteiger partial charge in [0.25, 0.3) is 5.91 Å². The number of fused-ring (bicyclic) bond motifs is 1. The average Bonchev–Trinajstić information content (AvgIpc) is 3.28. The smallest absolute Gasteiger partial charge is 0.251 e. The van der Waals surface area contributed by atoms with Gasteiger partial charge in [-0.05, 0) is 37.6 Å². The number of para-hydroxylation sites is 2. The van der Waals surface area contributed by atoms with E-state index in [-0.39, 0.29) is 5.91 Å². The van der Waals surface area contributed by atoms with E-state index in [4.69, 9.17) is 4.98 Å². The summed E-state index contributed by atoms with van der Waals surface area (Å²) >= 11 is 0. The van der Waals surface area contributed by atoms with Crippen LogP contribution in [0.25, 0.3) is 11.0 Å². The first-order chi connectivity index (χ1) is 18.7. The van der Waals surface area contributed by atoms with E-state index in [9.17, 15) is 4.79 Å². The number of nitrogens with zero attached hydrogens (tertiary/aromatic N) is 2. The van der Waals surface area contributed by atoms with Gasteiger partial charge in [-0.1, -0.05) is 133 Å². The zero-order valence-corrected chi connectivity index (χ0v) is 24.1. The van der Waals surface area contributed by atoms with Crippen molar-refractivity contribution in [2.75, 3.05) is 0 Å². The average molecular weight is 518 g/mol. The minimum Gasteiger partial charge on any atom is -0.345 e. The van der Waals surface area contributed by atoms with Gasteiger partial charge in [0.15, 0.2) is 0 Å². The Labute approximate surface area is 231 Å². The van der Waals surface area contributed by atoms with E-state index in [0.717, 1.165) is 35.4 Å². The minimum absolute atomic E-state index is 0.0466. The molecule has 0 aliphatic heterocycles. The van der Waals surface area contributed by atoms with Crippen molar-refractivity contribution in [3.8, 4) is 0 Å². The highest BCUT2D eigenvalue weighted by atomic mass is 16.1. The summed E-state index contributed by atoms with van der Waals surface area (Å²) < 4.78 is 2.30.